The number of pyridine rings is 1. The van der Waals surface area contributed by atoms with E-state index >= 15 is 0 Å². The lowest BCUT2D eigenvalue weighted by Gasteiger charge is -2.14. The number of aryl methyl sites for hydroxylation is 2. The number of alkyl halides is 2. The average molecular weight is 283 g/mol. The molecule has 0 aliphatic heterocycles. The summed E-state index contributed by atoms with van der Waals surface area (Å²) in [7, 11) is 0. The van der Waals surface area contributed by atoms with Crippen LogP contribution in [0.15, 0.2) is 22.9 Å². The van der Waals surface area contributed by atoms with E-state index in [9.17, 15) is 8.78 Å². The van der Waals surface area contributed by atoms with E-state index in [1.165, 1.54) is 12.3 Å². The predicted octanol–water partition coefficient (Wildman–Crippen LogP) is 3.46. The minimum absolute atomic E-state index is 0.0236. The summed E-state index contributed by atoms with van der Waals surface area (Å²) in [5, 5.41) is 7.04. The van der Waals surface area contributed by atoms with Crippen LogP contribution in [-0.2, 0) is 0 Å². The maximum Gasteiger partial charge on any atom is 0.387 e. The Bertz CT molecular complexity index is 550. The van der Waals surface area contributed by atoms with Crippen molar-refractivity contribution in [2.45, 2.75) is 33.4 Å². The van der Waals surface area contributed by atoms with Gasteiger partial charge in [0.2, 0.25) is 0 Å². The second kappa shape index (κ2) is 5.85. The number of anilines is 1. The van der Waals surface area contributed by atoms with Crippen molar-refractivity contribution < 1.29 is 18.0 Å². The Kier molecular flexibility index (Phi) is 4.16. The summed E-state index contributed by atoms with van der Waals surface area (Å²) < 4.78 is 33.4. The number of hydrogen-bond donors (Lipinski definition) is 1. The van der Waals surface area contributed by atoms with E-state index in [1.807, 2.05) is 20.8 Å². The zero-order valence-electron chi connectivity index (χ0n) is 11.4. The molecule has 0 aliphatic carbocycles. The molecule has 0 saturated heterocycles. The van der Waals surface area contributed by atoms with Crippen molar-refractivity contribution in [3.63, 3.8) is 0 Å². The van der Waals surface area contributed by atoms with Gasteiger partial charge in [0.1, 0.15) is 17.3 Å². The first kappa shape index (κ1) is 14.2. The van der Waals surface area contributed by atoms with E-state index in [4.69, 9.17) is 4.52 Å². The maximum atomic E-state index is 12.0. The molecule has 2 aromatic rings. The Hall–Kier alpha value is -2.18. The fourth-order valence-electron chi connectivity index (χ4n) is 2.04. The molecule has 0 aromatic carbocycles. The van der Waals surface area contributed by atoms with Crippen molar-refractivity contribution >= 4 is 5.82 Å². The summed E-state index contributed by atoms with van der Waals surface area (Å²) in [6, 6.07) is 2.95. The molecule has 7 heteroatoms. The van der Waals surface area contributed by atoms with Crippen LogP contribution in [0.3, 0.4) is 0 Å². The van der Waals surface area contributed by atoms with Crippen LogP contribution in [0.2, 0.25) is 0 Å². The van der Waals surface area contributed by atoms with Gasteiger partial charge in [-0.05, 0) is 32.9 Å². The number of nitrogens with one attached hydrogen (secondary N) is 1. The minimum atomic E-state index is -2.85. The Morgan fingerprint density at radius 3 is 2.55 bits per heavy atom. The normalized spacial score (nSPS) is 12.5. The topological polar surface area (TPSA) is 60.2 Å². The van der Waals surface area contributed by atoms with Crippen molar-refractivity contribution in [2.75, 3.05) is 5.32 Å². The molecule has 1 atom stereocenters. The van der Waals surface area contributed by atoms with E-state index in [-0.39, 0.29) is 11.8 Å². The smallest absolute Gasteiger partial charge is 0.387 e. The molecule has 20 heavy (non-hydrogen) atoms. The number of rotatable bonds is 5. The molecule has 2 heterocycles. The van der Waals surface area contributed by atoms with Crippen molar-refractivity contribution in [2.24, 2.45) is 0 Å². The van der Waals surface area contributed by atoms with E-state index in [2.05, 4.69) is 20.2 Å². The molecule has 0 aliphatic rings. The highest BCUT2D eigenvalue weighted by Crippen LogP contribution is 2.24. The second-order valence-electron chi connectivity index (χ2n) is 4.36. The predicted molar refractivity (Wildman–Crippen MR) is 68.9 cm³/mol. The highest BCUT2D eigenvalue weighted by atomic mass is 19.3. The highest BCUT2D eigenvalue weighted by Gasteiger charge is 2.16. The standard InChI is InChI=1S/C13H15F2N3O2/c1-7(12-8(2)18-20-9(12)3)17-11-5-4-10(6-16-11)19-13(14)15/h4-7,13H,1-3H3,(H,16,17)/t7-/m0/s1. The summed E-state index contributed by atoms with van der Waals surface area (Å²) in [6.07, 6.45) is 1.24. The number of ether oxygens (including phenoxy) is 1. The largest absolute Gasteiger partial charge is 0.433 e. The van der Waals surface area contributed by atoms with Gasteiger partial charge in [-0.3, -0.25) is 0 Å². The van der Waals surface area contributed by atoms with E-state index in [1.54, 1.807) is 6.07 Å². The maximum absolute atomic E-state index is 12.0. The Labute approximate surface area is 114 Å². The van der Waals surface area contributed by atoms with E-state index in [0.29, 0.717) is 5.82 Å². The Morgan fingerprint density at radius 1 is 1.30 bits per heavy atom. The molecular weight excluding hydrogens is 268 g/mol. The van der Waals surface area contributed by atoms with Crippen LogP contribution >= 0.6 is 0 Å². The number of nitrogens with zero attached hydrogens (tertiary/aromatic N) is 2. The summed E-state index contributed by atoms with van der Waals surface area (Å²) in [5.41, 5.74) is 1.76. The molecule has 0 amide bonds. The van der Waals surface area contributed by atoms with Crippen LogP contribution in [0, 0.1) is 13.8 Å². The van der Waals surface area contributed by atoms with Crippen LogP contribution in [0.1, 0.15) is 30.0 Å². The lowest BCUT2D eigenvalue weighted by atomic mass is 10.1. The lowest BCUT2D eigenvalue weighted by Crippen LogP contribution is -2.09. The SMILES string of the molecule is Cc1noc(C)c1[C@H](C)Nc1ccc(OC(F)F)cn1. The van der Waals surface area contributed by atoms with Crippen molar-refractivity contribution in [3.8, 4) is 5.75 Å². The summed E-state index contributed by atoms with van der Waals surface area (Å²) >= 11 is 0. The van der Waals surface area contributed by atoms with Gasteiger partial charge in [-0.15, -0.1) is 0 Å². The van der Waals surface area contributed by atoms with Gasteiger partial charge < -0.3 is 14.6 Å². The third-order valence-corrected chi connectivity index (χ3v) is 2.85. The van der Waals surface area contributed by atoms with E-state index in [0.717, 1.165) is 17.0 Å². The Balaban J connectivity index is 2.06. The van der Waals surface area contributed by atoms with Gasteiger partial charge in [0.05, 0.1) is 17.9 Å². The van der Waals surface area contributed by atoms with Gasteiger partial charge in [0.25, 0.3) is 0 Å². The molecule has 0 spiro atoms. The van der Waals surface area contributed by atoms with Gasteiger partial charge in [-0.25, -0.2) is 4.98 Å². The van der Waals surface area contributed by atoms with Gasteiger partial charge in [-0.1, -0.05) is 5.16 Å². The zero-order chi connectivity index (χ0) is 14.7. The fourth-order valence-corrected chi connectivity index (χ4v) is 2.04. The molecule has 2 aromatic heterocycles. The summed E-state index contributed by atoms with van der Waals surface area (Å²) in [6.45, 7) is 2.78. The molecule has 108 valence electrons. The first-order chi connectivity index (χ1) is 9.47. The number of halogens is 2. The highest BCUT2D eigenvalue weighted by molar-refractivity contribution is 5.41. The monoisotopic (exact) mass is 283 g/mol. The third kappa shape index (κ3) is 3.23. The fraction of sp³-hybridized carbons (Fsp3) is 0.385. The van der Waals surface area contributed by atoms with Gasteiger partial charge in [0.15, 0.2) is 0 Å². The van der Waals surface area contributed by atoms with Gasteiger partial charge in [0, 0.05) is 5.56 Å². The third-order valence-electron chi connectivity index (χ3n) is 2.85. The zero-order valence-corrected chi connectivity index (χ0v) is 11.4. The molecule has 0 saturated carbocycles. The van der Waals surface area contributed by atoms with Gasteiger partial charge in [-0.2, -0.15) is 8.78 Å². The molecule has 0 fully saturated rings. The van der Waals surface area contributed by atoms with Crippen LogP contribution in [-0.4, -0.2) is 16.8 Å². The quantitative estimate of drug-likeness (QED) is 0.910. The average Bonchev–Trinajstić information content (AvgIpc) is 2.71. The number of hydrogen-bond acceptors (Lipinski definition) is 5. The summed E-state index contributed by atoms with van der Waals surface area (Å²) in [5.74, 6) is 1.31. The Morgan fingerprint density at radius 2 is 2.05 bits per heavy atom. The molecule has 1 N–H and O–H groups in total. The van der Waals surface area contributed by atoms with E-state index < -0.39 is 6.61 Å². The molecular formula is C13H15F2N3O2. The molecule has 0 unspecified atom stereocenters. The van der Waals surface area contributed by atoms with Crippen molar-refractivity contribution in [3.05, 3.63) is 35.3 Å². The molecule has 5 nitrogen and oxygen atoms in total. The van der Waals surface area contributed by atoms with Crippen LogP contribution in [0.4, 0.5) is 14.6 Å². The molecule has 0 bridgehead atoms. The minimum Gasteiger partial charge on any atom is -0.433 e. The number of aromatic nitrogens is 2. The second-order valence-corrected chi connectivity index (χ2v) is 4.36. The lowest BCUT2D eigenvalue weighted by molar-refractivity contribution is -0.0500. The van der Waals surface area contributed by atoms with Crippen molar-refractivity contribution in [1.82, 2.24) is 10.1 Å². The first-order valence-corrected chi connectivity index (χ1v) is 6.07. The first-order valence-electron chi connectivity index (χ1n) is 6.07. The van der Waals surface area contributed by atoms with Crippen LogP contribution < -0.4 is 10.1 Å². The molecule has 2 rings (SSSR count). The molecule has 0 radical (unpaired) electrons. The van der Waals surface area contributed by atoms with Crippen molar-refractivity contribution in [1.29, 1.82) is 0 Å². The van der Waals surface area contributed by atoms with Crippen LogP contribution in [0.25, 0.3) is 0 Å². The van der Waals surface area contributed by atoms with Crippen LogP contribution in [0.5, 0.6) is 5.75 Å². The van der Waals surface area contributed by atoms with Gasteiger partial charge >= 0.3 is 6.61 Å². The summed E-state index contributed by atoms with van der Waals surface area (Å²) in [4.78, 5) is 4.02.